The van der Waals surface area contributed by atoms with Crippen LogP contribution in [0, 0.1) is 0 Å². The summed E-state index contributed by atoms with van der Waals surface area (Å²) in [4.78, 5) is 32.0. The van der Waals surface area contributed by atoms with Crippen molar-refractivity contribution in [1.29, 1.82) is 0 Å². The number of ether oxygens (including phenoxy) is 2. The molecule has 0 saturated carbocycles. The minimum atomic E-state index is -0.993. The van der Waals surface area contributed by atoms with E-state index < -0.39 is 11.9 Å². The molecule has 164 valence electrons. The van der Waals surface area contributed by atoms with Gasteiger partial charge in [-0.15, -0.1) is 11.3 Å². The smallest absolute Gasteiger partial charge is 0.309 e. The number of nitrogens with one attached hydrogen (secondary N) is 1. The van der Waals surface area contributed by atoms with Gasteiger partial charge in [0.25, 0.3) is 5.91 Å². The number of amides is 1. The Hall–Kier alpha value is -3.46. The highest BCUT2D eigenvalue weighted by Gasteiger charge is 2.17. The molecule has 0 spiro atoms. The second-order valence-electron chi connectivity index (χ2n) is 6.73. The quantitative estimate of drug-likeness (QED) is 0.499. The molecule has 2 aromatic heterocycles. The third-order valence-electron chi connectivity index (χ3n) is 3.81. The maximum Gasteiger partial charge on any atom is 0.309 e. The van der Waals surface area contributed by atoms with Crippen LogP contribution in [0.5, 0.6) is 11.8 Å². The molecule has 0 aliphatic carbocycles. The fourth-order valence-electron chi connectivity index (χ4n) is 2.50. The van der Waals surface area contributed by atoms with Crippen LogP contribution in [0.3, 0.4) is 0 Å². The Kier molecular flexibility index (Phi) is 8.51. The Balaban J connectivity index is 2.27. The molecular formula is C22H25N3O5S. The van der Waals surface area contributed by atoms with Gasteiger partial charge in [0.2, 0.25) is 11.8 Å². The van der Waals surface area contributed by atoms with Crippen LogP contribution in [0.15, 0.2) is 54.5 Å². The third kappa shape index (κ3) is 7.38. The van der Waals surface area contributed by atoms with Crippen molar-refractivity contribution in [2.75, 3.05) is 5.32 Å². The topological polar surface area (TPSA) is 111 Å². The van der Waals surface area contributed by atoms with E-state index in [0.29, 0.717) is 10.8 Å². The molecule has 1 atom stereocenters. The molecule has 8 nitrogen and oxygen atoms in total. The van der Waals surface area contributed by atoms with Crippen LogP contribution in [-0.2, 0) is 11.2 Å². The summed E-state index contributed by atoms with van der Waals surface area (Å²) >= 11 is 1.14. The van der Waals surface area contributed by atoms with Crippen molar-refractivity contribution in [1.82, 2.24) is 9.97 Å². The third-order valence-corrected chi connectivity index (χ3v) is 4.62. The molecule has 31 heavy (non-hydrogen) atoms. The summed E-state index contributed by atoms with van der Waals surface area (Å²) in [6.45, 7) is 13.0. The summed E-state index contributed by atoms with van der Waals surface area (Å²) < 4.78 is 11.6. The Morgan fingerprint density at radius 3 is 2.45 bits per heavy atom. The van der Waals surface area contributed by atoms with E-state index in [9.17, 15) is 9.59 Å². The van der Waals surface area contributed by atoms with Crippen LogP contribution in [0.1, 0.15) is 36.8 Å². The lowest BCUT2D eigenvalue weighted by atomic mass is 10.1. The highest BCUT2D eigenvalue weighted by Crippen LogP contribution is 2.23. The number of aliphatic carboxylic acids is 1. The van der Waals surface area contributed by atoms with Crippen molar-refractivity contribution in [3.63, 3.8) is 0 Å². The number of carboxylic acids is 1. The number of rotatable bonds is 11. The van der Waals surface area contributed by atoms with E-state index >= 15 is 0 Å². The molecule has 0 bridgehead atoms. The summed E-state index contributed by atoms with van der Waals surface area (Å²) in [7, 11) is 0. The molecule has 0 fully saturated rings. The van der Waals surface area contributed by atoms with Gasteiger partial charge in [0.15, 0.2) is 5.13 Å². The van der Waals surface area contributed by atoms with E-state index in [-0.39, 0.29) is 36.0 Å². The van der Waals surface area contributed by atoms with Gasteiger partial charge in [-0.2, -0.15) is 4.98 Å². The summed E-state index contributed by atoms with van der Waals surface area (Å²) in [5, 5.41) is 13.4. The first kappa shape index (κ1) is 23.8. The molecule has 0 saturated heterocycles. The zero-order valence-electron chi connectivity index (χ0n) is 17.6. The monoisotopic (exact) mass is 443 g/mol. The van der Waals surface area contributed by atoms with Gasteiger partial charge < -0.3 is 14.6 Å². The Morgan fingerprint density at radius 2 is 1.87 bits per heavy atom. The molecule has 2 heterocycles. The Bertz CT molecular complexity index is 997. The van der Waals surface area contributed by atoms with Gasteiger partial charge in [0, 0.05) is 17.5 Å². The van der Waals surface area contributed by atoms with Crippen molar-refractivity contribution in [3.05, 3.63) is 65.7 Å². The van der Waals surface area contributed by atoms with E-state index in [2.05, 4.69) is 28.4 Å². The second-order valence-corrected chi connectivity index (χ2v) is 7.59. The number of carboxylic acid groups (broad SMARTS) is 1. The number of pyridine rings is 1. The number of carbonyl (C=O) groups excluding carboxylic acids is 1. The minimum absolute atomic E-state index is 0.155. The average molecular weight is 444 g/mol. The van der Waals surface area contributed by atoms with Crippen LogP contribution in [0.2, 0.25) is 0 Å². The van der Waals surface area contributed by atoms with Gasteiger partial charge in [-0.1, -0.05) is 31.4 Å². The summed E-state index contributed by atoms with van der Waals surface area (Å²) in [6, 6.07) is 3.01. The summed E-state index contributed by atoms with van der Waals surface area (Å²) in [5.41, 5.74) is 1.43. The van der Waals surface area contributed by atoms with E-state index in [1.54, 1.807) is 23.6 Å². The van der Waals surface area contributed by atoms with Gasteiger partial charge in [-0.05, 0) is 26.3 Å². The molecule has 0 unspecified atom stereocenters. The molecule has 0 aromatic carbocycles. The molecule has 0 radical (unpaired) electrons. The van der Waals surface area contributed by atoms with Crippen molar-refractivity contribution < 1.29 is 24.2 Å². The molecule has 0 aliphatic heterocycles. The SMILES string of the molecule is C=C/C=C(\C=C)[C@H](C)Oc1cc(C(=O)Nc2nc(CC(=O)O)cs2)cc(OC(C)C)n1. The standard InChI is InChI=1S/C22H25N3O5S/c1-6-8-15(7-2)14(5)30-19-10-16(9-18(24-19)29-13(3)4)21(28)25-22-23-17(12-31-22)11-20(26)27/h6-10,12-14H,1-2,11H2,3-5H3,(H,26,27)(H,23,25,28)/b15-8+/t14-/m0/s1. The number of thiazole rings is 1. The maximum absolute atomic E-state index is 12.8. The van der Waals surface area contributed by atoms with Crippen LogP contribution >= 0.6 is 11.3 Å². The largest absolute Gasteiger partial charge is 0.481 e. The molecular weight excluding hydrogens is 418 g/mol. The van der Waals surface area contributed by atoms with Gasteiger partial charge in [0.05, 0.1) is 23.8 Å². The molecule has 1 amide bonds. The first-order chi connectivity index (χ1) is 14.7. The predicted molar refractivity (Wildman–Crippen MR) is 120 cm³/mol. The first-order valence-corrected chi connectivity index (χ1v) is 10.4. The highest BCUT2D eigenvalue weighted by molar-refractivity contribution is 7.14. The highest BCUT2D eigenvalue weighted by atomic mass is 32.1. The van der Waals surface area contributed by atoms with Crippen molar-refractivity contribution in [2.45, 2.75) is 39.4 Å². The maximum atomic E-state index is 12.8. The number of aromatic nitrogens is 2. The van der Waals surface area contributed by atoms with Crippen LogP contribution < -0.4 is 14.8 Å². The van der Waals surface area contributed by atoms with E-state index in [1.165, 1.54) is 12.1 Å². The van der Waals surface area contributed by atoms with Gasteiger partial charge >= 0.3 is 5.97 Å². The lowest BCUT2D eigenvalue weighted by Gasteiger charge is -2.17. The minimum Gasteiger partial charge on any atom is -0.481 e. The normalized spacial score (nSPS) is 12.2. The number of anilines is 1. The summed E-state index contributed by atoms with van der Waals surface area (Å²) in [6.07, 6.45) is 4.31. The number of hydrogen-bond donors (Lipinski definition) is 2. The first-order valence-electron chi connectivity index (χ1n) is 9.49. The van der Waals surface area contributed by atoms with Crippen molar-refractivity contribution in [3.8, 4) is 11.8 Å². The van der Waals surface area contributed by atoms with E-state index in [4.69, 9.17) is 14.6 Å². The van der Waals surface area contributed by atoms with Crippen molar-refractivity contribution >= 4 is 28.3 Å². The number of nitrogens with zero attached hydrogens (tertiary/aromatic N) is 2. The number of hydrogen-bond acceptors (Lipinski definition) is 7. The lowest BCUT2D eigenvalue weighted by molar-refractivity contribution is -0.136. The average Bonchev–Trinajstić information content (AvgIpc) is 3.11. The molecule has 9 heteroatoms. The molecule has 2 rings (SSSR count). The zero-order valence-corrected chi connectivity index (χ0v) is 18.4. The van der Waals surface area contributed by atoms with Gasteiger partial charge in [-0.3, -0.25) is 14.9 Å². The van der Waals surface area contributed by atoms with Crippen LogP contribution in [-0.4, -0.2) is 39.2 Å². The molecule has 0 aliphatic rings. The second kappa shape index (κ2) is 11.1. The Labute approximate surface area is 185 Å². The van der Waals surface area contributed by atoms with E-state index in [0.717, 1.165) is 16.9 Å². The van der Waals surface area contributed by atoms with Gasteiger partial charge in [-0.25, -0.2) is 4.98 Å². The van der Waals surface area contributed by atoms with Crippen LogP contribution in [0.25, 0.3) is 0 Å². The Morgan fingerprint density at radius 1 is 1.19 bits per heavy atom. The predicted octanol–water partition coefficient (Wildman–Crippen LogP) is 4.27. The fourth-order valence-corrected chi connectivity index (χ4v) is 3.20. The molecule has 2 N–H and O–H groups in total. The van der Waals surface area contributed by atoms with Gasteiger partial charge in [0.1, 0.15) is 6.10 Å². The number of allylic oxidation sites excluding steroid dienone is 2. The number of carbonyl (C=O) groups is 2. The zero-order chi connectivity index (χ0) is 23.0. The van der Waals surface area contributed by atoms with Crippen LogP contribution in [0.4, 0.5) is 5.13 Å². The lowest BCUT2D eigenvalue weighted by Crippen LogP contribution is -2.17. The van der Waals surface area contributed by atoms with Crippen molar-refractivity contribution in [2.24, 2.45) is 0 Å². The fraction of sp³-hybridized carbons (Fsp3) is 0.273. The molecule has 2 aromatic rings. The van der Waals surface area contributed by atoms with E-state index in [1.807, 2.05) is 20.8 Å². The summed E-state index contributed by atoms with van der Waals surface area (Å²) in [5.74, 6) is -0.995.